The van der Waals surface area contributed by atoms with Gasteiger partial charge in [0.25, 0.3) is 5.56 Å². The summed E-state index contributed by atoms with van der Waals surface area (Å²) in [5.74, 6) is -0.515. The van der Waals surface area contributed by atoms with Gasteiger partial charge in [0, 0.05) is 17.8 Å². The number of aryl methyl sites for hydroxylation is 1. The molecule has 8 nitrogen and oxygen atoms in total. The molecule has 0 atom stereocenters. The Kier molecular flexibility index (Phi) is 4.17. The lowest BCUT2D eigenvalue weighted by Gasteiger charge is -2.06. The molecule has 0 aliphatic rings. The second-order valence-electron chi connectivity index (χ2n) is 4.89. The maximum atomic E-state index is 12.0. The van der Waals surface area contributed by atoms with Gasteiger partial charge in [0.05, 0.1) is 7.11 Å². The molecule has 0 aliphatic heterocycles. The van der Waals surface area contributed by atoms with Gasteiger partial charge in [-0.1, -0.05) is 11.3 Å². The monoisotopic (exact) mass is 347 g/mol. The van der Waals surface area contributed by atoms with Crippen molar-refractivity contribution < 1.29 is 19.4 Å². The van der Waals surface area contributed by atoms with E-state index in [4.69, 9.17) is 9.47 Å². The first kappa shape index (κ1) is 15.9. The molecule has 1 N–H and O–H groups in total. The van der Waals surface area contributed by atoms with Gasteiger partial charge in [0.2, 0.25) is 4.96 Å². The summed E-state index contributed by atoms with van der Waals surface area (Å²) in [6.45, 7) is 1.59. The topological polar surface area (TPSA) is 103 Å². The number of nitrogens with zero attached hydrogens (tertiary/aromatic N) is 3. The fourth-order valence-electron chi connectivity index (χ4n) is 2.03. The van der Waals surface area contributed by atoms with Crippen molar-refractivity contribution in [3.8, 4) is 11.5 Å². The van der Waals surface area contributed by atoms with E-state index >= 15 is 0 Å². The van der Waals surface area contributed by atoms with Crippen LogP contribution < -0.4 is 10.3 Å². The summed E-state index contributed by atoms with van der Waals surface area (Å²) in [4.78, 5) is 28.5. The Morgan fingerprint density at radius 1 is 1.38 bits per heavy atom. The Balaban J connectivity index is 1.77. The van der Waals surface area contributed by atoms with Crippen LogP contribution in [0.15, 0.2) is 29.1 Å². The molecule has 0 spiro atoms. The molecule has 0 amide bonds. The Bertz CT molecular complexity index is 979. The van der Waals surface area contributed by atoms with Crippen molar-refractivity contribution in [3.63, 3.8) is 0 Å². The van der Waals surface area contributed by atoms with Gasteiger partial charge in [0.15, 0.2) is 5.01 Å². The van der Waals surface area contributed by atoms with E-state index in [9.17, 15) is 14.7 Å². The van der Waals surface area contributed by atoms with Gasteiger partial charge in [-0.15, -0.1) is 0 Å². The van der Waals surface area contributed by atoms with Crippen LogP contribution in [-0.2, 0) is 11.3 Å². The molecule has 0 bridgehead atoms. The van der Waals surface area contributed by atoms with E-state index in [1.807, 2.05) is 0 Å². The maximum Gasteiger partial charge on any atom is 0.342 e. The molecule has 24 heavy (non-hydrogen) atoms. The van der Waals surface area contributed by atoms with E-state index in [0.717, 1.165) is 15.9 Å². The third kappa shape index (κ3) is 3.06. The van der Waals surface area contributed by atoms with Gasteiger partial charge >= 0.3 is 5.97 Å². The van der Waals surface area contributed by atoms with Crippen LogP contribution in [0, 0.1) is 6.92 Å². The average molecular weight is 347 g/mol. The molecular formula is C15H13N3O5S. The molecule has 124 valence electrons. The highest BCUT2D eigenvalue weighted by molar-refractivity contribution is 7.16. The average Bonchev–Trinajstić information content (AvgIpc) is 2.95. The van der Waals surface area contributed by atoms with Gasteiger partial charge in [0.1, 0.15) is 23.7 Å². The van der Waals surface area contributed by atoms with Crippen LogP contribution in [0.4, 0.5) is 0 Å². The van der Waals surface area contributed by atoms with Crippen molar-refractivity contribution in [3.05, 3.63) is 50.9 Å². The molecule has 0 unspecified atom stereocenters. The predicted molar refractivity (Wildman–Crippen MR) is 85.6 cm³/mol. The van der Waals surface area contributed by atoms with Crippen molar-refractivity contribution in [2.75, 3.05) is 7.11 Å². The zero-order chi connectivity index (χ0) is 17.3. The highest BCUT2D eigenvalue weighted by Gasteiger charge is 2.15. The van der Waals surface area contributed by atoms with Gasteiger partial charge in [-0.3, -0.25) is 4.79 Å². The van der Waals surface area contributed by atoms with Gasteiger partial charge in [-0.2, -0.15) is 9.61 Å². The van der Waals surface area contributed by atoms with E-state index in [-0.39, 0.29) is 23.5 Å². The van der Waals surface area contributed by atoms with Crippen molar-refractivity contribution in [2.24, 2.45) is 0 Å². The highest BCUT2D eigenvalue weighted by Crippen LogP contribution is 2.24. The van der Waals surface area contributed by atoms with Crippen LogP contribution in [0.1, 0.15) is 21.1 Å². The van der Waals surface area contributed by atoms with Crippen LogP contribution in [0.2, 0.25) is 0 Å². The SMILES string of the molecule is COc1ccc(C(=O)OCc2nn3c(=O)cc(C)nc3s2)c(O)c1. The summed E-state index contributed by atoms with van der Waals surface area (Å²) in [5, 5.41) is 14.3. The van der Waals surface area contributed by atoms with E-state index in [1.165, 1.54) is 25.3 Å². The molecular weight excluding hydrogens is 334 g/mol. The number of hydrogen-bond donors (Lipinski definition) is 1. The smallest absolute Gasteiger partial charge is 0.342 e. The summed E-state index contributed by atoms with van der Waals surface area (Å²) in [5.41, 5.74) is 0.317. The normalized spacial score (nSPS) is 10.8. The van der Waals surface area contributed by atoms with Crippen LogP contribution in [-0.4, -0.2) is 32.8 Å². The summed E-state index contributed by atoms with van der Waals surface area (Å²) in [7, 11) is 1.46. The van der Waals surface area contributed by atoms with E-state index in [0.29, 0.717) is 21.4 Å². The summed E-state index contributed by atoms with van der Waals surface area (Å²) >= 11 is 1.15. The summed E-state index contributed by atoms with van der Waals surface area (Å²) in [6, 6.07) is 5.64. The predicted octanol–water partition coefficient (Wildman–Crippen LogP) is 1.53. The first-order valence-electron chi connectivity index (χ1n) is 6.88. The lowest BCUT2D eigenvalue weighted by Crippen LogP contribution is -2.14. The fourth-order valence-corrected chi connectivity index (χ4v) is 2.89. The van der Waals surface area contributed by atoms with Gasteiger partial charge in [-0.25, -0.2) is 9.78 Å². The first-order valence-corrected chi connectivity index (χ1v) is 7.70. The number of carbonyl (C=O) groups excluding carboxylic acids is 1. The van der Waals surface area contributed by atoms with E-state index in [1.54, 1.807) is 13.0 Å². The van der Waals surface area contributed by atoms with Crippen molar-refractivity contribution in [1.82, 2.24) is 14.6 Å². The Morgan fingerprint density at radius 2 is 2.17 bits per heavy atom. The van der Waals surface area contributed by atoms with E-state index < -0.39 is 5.97 Å². The number of benzene rings is 1. The zero-order valence-electron chi connectivity index (χ0n) is 12.8. The number of rotatable bonds is 4. The summed E-state index contributed by atoms with van der Waals surface area (Å²) in [6.07, 6.45) is 0. The van der Waals surface area contributed by atoms with Crippen LogP contribution in [0.25, 0.3) is 4.96 Å². The number of hydrogen-bond acceptors (Lipinski definition) is 8. The maximum absolute atomic E-state index is 12.0. The molecule has 0 radical (unpaired) electrons. The van der Waals surface area contributed by atoms with Gasteiger partial charge < -0.3 is 14.6 Å². The number of phenolic OH excluding ortho intramolecular Hbond substituents is 1. The molecule has 0 saturated carbocycles. The minimum atomic E-state index is -0.703. The molecule has 3 rings (SSSR count). The third-order valence-electron chi connectivity index (χ3n) is 3.17. The minimum Gasteiger partial charge on any atom is -0.507 e. The number of methoxy groups -OCH3 is 1. The Labute approximate surface area is 139 Å². The molecule has 2 heterocycles. The molecule has 0 saturated heterocycles. The lowest BCUT2D eigenvalue weighted by atomic mass is 10.2. The Hall–Kier alpha value is -2.94. The molecule has 0 aliphatic carbocycles. The second-order valence-corrected chi connectivity index (χ2v) is 5.93. The number of aromatic nitrogens is 3. The number of esters is 1. The molecule has 0 fully saturated rings. The number of aromatic hydroxyl groups is 1. The van der Waals surface area contributed by atoms with Crippen LogP contribution >= 0.6 is 11.3 Å². The van der Waals surface area contributed by atoms with Crippen LogP contribution in [0.5, 0.6) is 11.5 Å². The minimum absolute atomic E-state index is 0.0167. The Morgan fingerprint density at radius 3 is 2.88 bits per heavy atom. The quantitative estimate of drug-likeness (QED) is 0.714. The van der Waals surface area contributed by atoms with Crippen LogP contribution in [0.3, 0.4) is 0 Å². The number of fused-ring (bicyclic) bond motifs is 1. The number of carbonyl (C=O) groups is 1. The highest BCUT2D eigenvalue weighted by atomic mass is 32.1. The first-order chi connectivity index (χ1) is 11.5. The third-order valence-corrected chi connectivity index (χ3v) is 4.05. The second kappa shape index (κ2) is 6.28. The molecule has 3 aromatic rings. The molecule has 2 aromatic heterocycles. The molecule has 9 heteroatoms. The fraction of sp³-hybridized carbons (Fsp3) is 0.200. The number of ether oxygens (including phenoxy) is 2. The van der Waals surface area contributed by atoms with E-state index in [2.05, 4.69) is 10.1 Å². The van der Waals surface area contributed by atoms with Crippen molar-refractivity contribution >= 4 is 22.3 Å². The van der Waals surface area contributed by atoms with Crippen molar-refractivity contribution in [1.29, 1.82) is 0 Å². The summed E-state index contributed by atoms with van der Waals surface area (Å²) < 4.78 is 11.2. The largest absolute Gasteiger partial charge is 0.507 e. The standard InChI is InChI=1S/C15H13N3O5S/c1-8-5-13(20)18-15(16-8)24-12(17-18)7-23-14(21)10-4-3-9(22-2)6-11(10)19/h3-6,19H,7H2,1-2H3. The lowest BCUT2D eigenvalue weighted by molar-refractivity contribution is 0.0468. The zero-order valence-corrected chi connectivity index (χ0v) is 13.7. The van der Waals surface area contributed by atoms with Crippen molar-refractivity contribution in [2.45, 2.75) is 13.5 Å². The van der Waals surface area contributed by atoms with Gasteiger partial charge in [-0.05, 0) is 19.1 Å². The molecule has 1 aromatic carbocycles. The number of phenols is 1.